The van der Waals surface area contributed by atoms with E-state index in [1.807, 2.05) is 0 Å². The van der Waals surface area contributed by atoms with Gasteiger partial charge in [-0.3, -0.25) is 4.90 Å². The minimum Gasteiger partial charge on any atom is -0.508 e. The zero-order valence-corrected chi connectivity index (χ0v) is 24.9. The van der Waals surface area contributed by atoms with E-state index in [1.165, 1.54) is 24.3 Å². The highest BCUT2D eigenvalue weighted by Gasteiger charge is 2.50. The molecule has 0 radical (unpaired) electrons. The lowest BCUT2D eigenvalue weighted by Gasteiger charge is -2.40. The average molecular weight is 629 g/mol. The maximum atomic E-state index is 17.0. The minimum atomic E-state index is -0.927. The van der Waals surface area contributed by atoms with Crippen LogP contribution in [0, 0.1) is 24.0 Å². The number of fused-ring (bicyclic) bond motifs is 7. The van der Waals surface area contributed by atoms with Gasteiger partial charge in [-0.15, -0.1) is 6.42 Å². The zero-order chi connectivity index (χ0) is 31.3. The fraction of sp³-hybridized carbons (Fsp3) is 0.441. The maximum Gasteiger partial charge on any atom is 0.319 e. The molecule has 236 valence electrons. The van der Waals surface area contributed by atoms with Crippen molar-refractivity contribution < 1.29 is 27.8 Å². The number of ether oxygens (including phenoxy) is 2. The van der Waals surface area contributed by atoms with E-state index in [4.69, 9.17) is 20.9 Å². The molecule has 2 N–H and O–H groups in total. The number of benzene rings is 2. The molecule has 4 fully saturated rings. The molecule has 9 rings (SSSR count). The number of aromatic nitrogens is 3. The Morgan fingerprint density at radius 3 is 2.91 bits per heavy atom. The molecule has 2 bridgehead atoms. The number of phenols is 1. The number of hydrogen-bond donors (Lipinski definition) is 2. The van der Waals surface area contributed by atoms with Crippen molar-refractivity contribution in [3.05, 3.63) is 41.5 Å². The Morgan fingerprint density at radius 2 is 2.04 bits per heavy atom. The number of nitrogens with zero attached hydrogens (tertiary/aromatic N) is 5. The standard InChI is InChI=1S/C34H31F3N6O3/c1-2-21-23(36)6-4-17-10-20(44)11-22(26(17)21)29-28(37)30-27-31(43-14-19-5-7-24(38-19)25(43)15-45-32(27)39-29)41-33(40-30)46-16-34-8-3-9-42(34)13-18(35)12-34/h1,4,6,10-11,18-19,24-25,38,44H,3,5,7-9,12-16H2/t18-,19-,24+,25-,34-/m1/s1. The van der Waals surface area contributed by atoms with Crippen LogP contribution in [-0.2, 0) is 0 Å². The lowest BCUT2D eigenvalue weighted by Crippen LogP contribution is -2.60. The van der Waals surface area contributed by atoms with Crippen molar-refractivity contribution >= 4 is 27.5 Å². The zero-order valence-electron chi connectivity index (χ0n) is 24.9. The minimum absolute atomic E-state index is 0.0179. The monoisotopic (exact) mass is 628 g/mol. The predicted molar refractivity (Wildman–Crippen MR) is 165 cm³/mol. The van der Waals surface area contributed by atoms with E-state index in [1.54, 1.807) is 0 Å². The molecule has 0 amide bonds. The number of anilines is 1. The summed E-state index contributed by atoms with van der Waals surface area (Å²) in [5, 5.41) is 15.3. The Balaban J connectivity index is 1.25. The van der Waals surface area contributed by atoms with Crippen LogP contribution in [0.2, 0.25) is 0 Å². The van der Waals surface area contributed by atoms with Gasteiger partial charge in [-0.2, -0.15) is 9.97 Å². The van der Waals surface area contributed by atoms with E-state index >= 15 is 4.39 Å². The van der Waals surface area contributed by atoms with Crippen molar-refractivity contribution in [1.82, 2.24) is 25.2 Å². The smallest absolute Gasteiger partial charge is 0.319 e. The van der Waals surface area contributed by atoms with Gasteiger partial charge in [-0.25, -0.2) is 18.2 Å². The van der Waals surface area contributed by atoms with Crippen LogP contribution in [0.1, 0.15) is 37.7 Å². The molecule has 7 heterocycles. The van der Waals surface area contributed by atoms with Gasteiger partial charge in [0.2, 0.25) is 5.88 Å². The molecule has 2 aromatic heterocycles. The van der Waals surface area contributed by atoms with Crippen molar-refractivity contribution in [2.45, 2.75) is 61.9 Å². The maximum absolute atomic E-state index is 17.0. The van der Waals surface area contributed by atoms with Crippen molar-refractivity contribution in [2.24, 2.45) is 0 Å². The van der Waals surface area contributed by atoms with Gasteiger partial charge in [-0.05, 0) is 55.8 Å². The molecular weight excluding hydrogens is 597 g/mol. The molecule has 0 unspecified atom stereocenters. The lowest BCUT2D eigenvalue weighted by atomic mass is 9.95. The number of alkyl halides is 1. The molecule has 5 aliphatic rings. The van der Waals surface area contributed by atoms with Crippen LogP contribution < -0.4 is 19.7 Å². The van der Waals surface area contributed by atoms with E-state index < -0.39 is 23.3 Å². The Labute approximate surface area is 262 Å². The van der Waals surface area contributed by atoms with Gasteiger partial charge in [-0.1, -0.05) is 12.0 Å². The largest absolute Gasteiger partial charge is 0.508 e. The van der Waals surface area contributed by atoms with Gasteiger partial charge in [0, 0.05) is 42.5 Å². The van der Waals surface area contributed by atoms with Crippen LogP contribution >= 0.6 is 0 Å². The Hall–Kier alpha value is -4.34. The number of hydrogen-bond acceptors (Lipinski definition) is 9. The molecule has 12 heteroatoms. The molecular formula is C34H31F3N6O3. The molecule has 2 aromatic carbocycles. The van der Waals surface area contributed by atoms with Crippen molar-refractivity contribution in [1.29, 1.82) is 0 Å². The van der Waals surface area contributed by atoms with Crippen molar-refractivity contribution in [3.8, 4) is 41.2 Å². The fourth-order valence-electron chi connectivity index (χ4n) is 8.56. The van der Waals surface area contributed by atoms with Crippen LogP contribution in [0.3, 0.4) is 0 Å². The van der Waals surface area contributed by atoms with E-state index in [0.717, 1.165) is 32.2 Å². The van der Waals surface area contributed by atoms with Gasteiger partial charge < -0.3 is 24.8 Å². The molecule has 0 spiro atoms. The average Bonchev–Trinajstić information content (AvgIpc) is 3.68. The molecule has 4 aromatic rings. The first-order valence-corrected chi connectivity index (χ1v) is 15.8. The summed E-state index contributed by atoms with van der Waals surface area (Å²) < 4.78 is 59.1. The number of piperazine rings is 1. The molecule has 46 heavy (non-hydrogen) atoms. The molecule has 9 nitrogen and oxygen atoms in total. The highest BCUT2D eigenvalue weighted by molar-refractivity contribution is 6.04. The van der Waals surface area contributed by atoms with Crippen molar-refractivity contribution in [2.75, 3.05) is 37.7 Å². The molecule has 0 saturated carbocycles. The summed E-state index contributed by atoms with van der Waals surface area (Å²) in [6.07, 6.45) is 8.89. The van der Waals surface area contributed by atoms with E-state index in [2.05, 4.69) is 31.0 Å². The number of aromatic hydroxyl groups is 1. The van der Waals surface area contributed by atoms with Crippen LogP contribution in [0.15, 0.2) is 24.3 Å². The summed E-state index contributed by atoms with van der Waals surface area (Å²) in [6, 6.07) is 5.72. The first kappa shape index (κ1) is 27.9. The van der Waals surface area contributed by atoms with Crippen LogP contribution in [0.25, 0.3) is 32.9 Å². The van der Waals surface area contributed by atoms with Crippen LogP contribution in [-0.4, -0.2) is 87.6 Å². The third-order valence-electron chi connectivity index (χ3n) is 10.6. The number of rotatable bonds is 4. The quantitative estimate of drug-likeness (QED) is 0.318. The highest BCUT2D eigenvalue weighted by Crippen LogP contribution is 2.45. The lowest BCUT2D eigenvalue weighted by molar-refractivity contribution is 0.107. The number of phenolic OH excluding ortho intramolecular Hbond substituents is 1. The summed E-state index contributed by atoms with van der Waals surface area (Å²) >= 11 is 0. The Bertz CT molecular complexity index is 1990. The normalized spacial score (nSPS) is 28.2. The summed E-state index contributed by atoms with van der Waals surface area (Å²) in [5.74, 6) is 1.35. The van der Waals surface area contributed by atoms with Gasteiger partial charge in [0.25, 0.3) is 0 Å². The second kappa shape index (κ2) is 10.1. The number of terminal acetylenes is 1. The fourth-order valence-corrected chi connectivity index (χ4v) is 8.56. The second-order valence-electron chi connectivity index (χ2n) is 13.2. The van der Waals surface area contributed by atoms with Gasteiger partial charge in [0.05, 0.1) is 17.1 Å². The summed E-state index contributed by atoms with van der Waals surface area (Å²) in [4.78, 5) is 18.4. The Kier molecular flexibility index (Phi) is 6.12. The second-order valence-corrected chi connectivity index (χ2v) is 13.2. The van der Waals surface area contributed by atoms with Gasteiger partial charge in [0.15, 0.2) is 5.82 Å². The topological polar surface area (TPSA) is 95.9 Å². The van der Waals surface area contributed by atoms with E-state index in [-0.39, 0.29) is 76.7 Å². The third kappa shape index (κ3) is 4.07. The third-order valence-corrected chi connectivity index (χ3v) is 10.6. The summed E-state index contributed by atoms with van der Waals surface area (Å²) in [5.41, 5.74) is -0.688. The van der Waals surface area contributed by atoms with Crippen molar-refractivity contribution in [3.63, 3.8) is 0 Å². The number of halogens is 3. The molecule has 4 saturated heterocycles. The van der Waals surface area contributed by atoms with Crippen LogP contribution in [0.4, 0.5) is 19.0 Å². The highest BCUT2D eigenvalue weighted by atomic mass is 19.1. The first-order chi connectivity index (χ1) is 22.3. The summed E-state index contributed by atoms with van der Waals surface area (Å²) in [6.45, 7) is 2.27. The predicted octanol–water partition coefficient (Wildman–Crippen LogP) is 4.47. The number of pyridine rings is 1. The van der Waals surface area contributed by atoms with Gasteiger partial charge >= 0.3 is 6.01 Å². The molecule has 5 atom stereocenters. The molecule has 0 aliphatic carbocycles. The van der Waals surface area contributed by atoms with E-state index in [9.17, 15) is 13.9 Å². The van der Waals surface area contributed by atoms with E-state index in [0.29, 0.717) is 36.1 Å². The Morgan fingerprint density at radius 1 is 1.15 bits per heavy atom. The van der Waals surface area contributed by atoms with Gasteiger partial charge in [0.1, 0.15) is 53.4 Å². The first-order valence-electron chi connectivity index (χ1n) is 15.8. The summed E-state index contributed by atoms with van der Waals surface area (Å²) in [7, 11) is 0. The number of nitrogens with one attached hydrogen (secondary N) is 1. The van der Waals surface area contributed by atoms with Crippen LogP contribution in [0.5, 0.6) is 17.6 Å². The SMILES string of the molecule is C#Cc1c(F)ccc2cc(O)cc(-c3nc4c5c(nc(OC[C@]67CCCN6C[C@H](F)C7)nc5c3F)N3C[C@H]5CC[C@H](N5)[C@H]3CO4)c12. The molecule has 5 aliphatic heterocycles.